The van der Waals surface area contributed by atoms with Crippen molar-refractivity contribution in [1.29, 1.82) is 0 Å². The minimum absolute atomic E-state index is 0.0370. The number of fused-ring (bicyclic) bond motifs is 2. The standard InChI is InChI=1S/C29H27N3O6/c1-18-6-5-7-21(16-18)37-15-14-31-24-17-20(10-11-25(24)38-19(2)27(31)34)30-26(33)12-13-32-28(35)22-8-3-4-9-23(22)29(32)36/h3-11,16-17,19H,12-15H2,1-2H3,(H,30,33). The molecular formula is C29H27N3O6. The van der Waals surface area contributed by atoms with Gasteiger partial charge in [0.15, 0.2) is 6.10 Å². The van der Waals surface area contributed by atoms with Gasteiger partial charge in [-0.15, -0.1) is 0 Å². The van der Waals surface area contributed by atoms with Crippen molar-refractivity contribution in [3.8, 4) is 11.5 Å². The van der Waals surface area contributed by atoms with E-state index in [1.54, 1.807) is 54.3 Å². The van der Waals surface area contributed by atoms with E-state index in [-0.39, 0.29) is 31.4 Å². The summed E-state index contributed by atoms with van der Waals surface area (Å²) in [7, 11) is 0. The zero-order valence-corrected chi connectivity index (χ0v) is 21.1. The molecule has 0 radical (unpaired) electrons. The molecule has 0 fully saturated rings. The summed E-state index contributed by atoms with van der Waals surface area (Å²) in [4.78, 5) is 53.3. The SMILES string of the molecule is Cc1cccc(OCCN2C(=O)C(C)Oc3ccc(NC(=O)CCN4C(=O)c5ccccc5C4=O)cc32)c1. The Morgan fingerprint density at radius 2 is 1.66 bits per heavy atom. The van der Waals surface area contributed by atoms with Crippen LogP contribution in [0.25, 0.3) is 0 Å². The summed E-state index contributed by atoms with van der Waals surface area (Å²) < 4.78 is 11.6. The van der Waals surface area contributed by atoms with E-state index in [1.807, 2.05) is 31.2 Å². The molecule has 38 heavy (non-hydrogen) atoms. The van der Waals surface area contributed by atoms with E-state index in [9.17, 15) is 19.2 Å². The Balaban J connectivity index is 1.23. The van der Waals surface area contributed by atoms with E-state index < -0.39 is 17.9 Å². The predicted octanol–water partition coefficient (Wildman–Crippen LogP) is 3.81. The molecule has 0 saturated heterocycles. The number of nitrogens with one attached hydrogen (secondary N) is 1. The molecule has 0 aliphatic carbocycles. The molecule has 2 aliphatic rings. The maximum Gasteiger partial charge on any atom is 0.267 e. The molecule has 9 nitrogen and oxygen atoms in total. The number of benzene rings is 3. The van der Waals surface area contributed by atoms with Gasteiger partial charge in [0.1, 0.15) is 18.1 Å². The van der Waals surface area contributed by atoms with Crippen LogP contribution in [-0.4, -0.2) is 54.3 Å². The van der Waals surface area contributed by atoms with Gasteiger partial charge in [-0.25, -0.2) is 0 Å². The van der Waals surface area contributed by atoms with Crippen LogP contribution in [0.5, 0.6) is 11.5 Å². The van der Waals surface area contributed by atoms with E-state index in [4.69, 9.17) is 9.47 Å². The fourth-order valence-electron chi connectivity index (χ4n) is 4.55. The first kappa shape index (κ1) is 25.0. The van der Waals surface area contributed by atoms with E-state index >= 15 is 0 Å². The number of aryl methyl sites for hydroxylation is 1. The number of anilines is 2. The van der Waals surface area contributed by atoms with Gasteiger partial charge in [-0.05, 0) is 61.9 Å². The Labute approximate surface area is 219 Å². The molecule has 0 bridgehead atoms. The van der Waals surface area contributed by atoms with E-state index in [2.05, 4.69) is 5.32 Å². The molecule has 5 rings (SSSR count). The summed E-state index contributed by atoms with van der Waals surface area (Å²) in [5, 5.41) is 2.79. The van der Waals surface area contributed by atoms with Crippen molar-refractivity contribution in [3.63, 3.8) is 0 Å². The molecule has 0 saturated carbocycles. The third kappa shape index (κ3) is 4.95. The zero-order valence-electron chi connectivity index (χ0n) is 21.1. The van der Waals surface area contributed by atoms with Crippen molar-refractivity contribution in [3.05, 3.63) is 83.4 Å². The number of imide groups is 1. The van der Waals surface area contributed by atoms with Crippen LogP contribution in [-0.2, 0) is 9.59 Å². The molecule has 1 atom stereocenters. The second-order valence-electron chi connectivity index (χ2n) is 9.20. The van der Waals surface area contributed by atoms with E-state index in [0.717, 1.165) is 16.2 Å². The largest absolute Gasteiger partial charge is 0.492 e. The van der Waals surface area contributed by atoms with Crippen molar-refractivity contribution in [2.45, 2.75) is 26.4 Å². The molecule has 1 unspecified atom stereocenters. The van der Waals surface area contributed by atoms with Crippen molar-refractivity contribution >= 4 is 35.0 Å². The Kier molecular flexibility index (Phi) is 6.83. The molecule has 2 heterocycles. The molecule has 1 N–H and O–H groups in total. The molecule has 0 spiro atoms. The fraction of sp³-hybridized carbons (Fsp3) is 0.241. The van der Waals surface area contributed by atoms with Crippen LogP contribution in [0, 0.1) is 6.92 Å². The maximum atomic E-state index is 12.9. The second-order valence-corrected chi connectivity index (χ2v) is 9.20. The van der Waals surface area contributed by atoms with Gasteiger partial charge in [-0.2, -0.15) is 0 Å². The molecule has 0 aromatic heterocycles. The van der Waals surface area contributed by atoms with E-state index in [0.29, 0.717) is 34.8 Å². The predicted molar refractivity (Wildman–Crippen MR) is 141 cm³/mol. The topological polar surface area (TPSA) is 105 Å². The van der Waals surface area contributed by atoms with Crippen LogP contribution < -0.4 is 19.7 Å². The Hall–Kier alpha value is -4.66. The number of amides is 4. The second kappa shape index (κ2) is 10.4. The first-order chi connectivity index (χ1) is 18.3. The van der Waals surface area contributed by atoms with Gasteiger partial charge >= 0.3 is 0 Å². The summed E-state index contributed by atoms with van der Waals surface area (Å²) >= 11 is 0. The Morgan fingerprint density at radius 3 is 2.37 bits per heavy atom. The van der Waals surface area contributed by atoms with Crippen LogP contribution in [0.1, 0.15) is 39.6 Å². The zero-order chi connectivity index (χ0) is 26.8. The monoisotopic (exact) mass is 513 g/mol. The van der Waals surface area contributed by atoms with Crippen LogP contribution >= 0.6 is 0 Å². The summed E-state index contributed by atoms with van der Waals surface area (Å²) in [6.07, 6.45) is -0.718. The lowest BCUT2D eigenvalue weighted by molar-refractivity contribution is -0.125. The number of ether oxygens (including phenoxy) is 2. The van der Waals surface area contributed by atoms with Gasteiger partial charge in [0.05, 0.1) is 23.4 Å². The minimum Gasteiger partial charge on any atom is -0.492 e. The highest BCUT2D eigenvalue weighted by Crippen LogP contribution is 2.36. The van der Waals surface area contributed by atoms with Gasteiger partial charge in [-0.1, -0.05) is 24.3 Å². The van der Waals surface area contributed by atoms with Gasteiger partial charge in [0.2, 0.25) is 5.91 Å². The molecule has 3 aromatic rings. The molecule has 194 valence electrons. The first-order valence-electron chi connectivity index (χ1n) is 12.4. The lowest BCUT2D eigenvalue weighted by atomic mass is 10.1. The quantitative estimate of drug-likeness (QED) is 0.459. The number of nitrogens with zero attached hydrogens (tertiary/aromatic N) is 2. The average molecular weight is 514 g/mol. The fourth-order valence-corrected chi connectivity index (χ4v) is 4.55. The normalized spacial score (nSPS) is 16.2. The van der Waals surface area contributed by atoms with Crippen LogP contribution in [0.3, 0.4) is 0 Å². The summed E-state index contributed by atoms with van der Waals surface area (Å²) in [5.74, 6) is -0.137. The number of hydrogen-bond donors (Lipinski definition) is 1. The van der Waals surface area contributed by atoms with Gasteiger partial charge in [0.25, 0.3) is 17.7 Å². The minimum atomic E-state index is -0.651. The van der Waals surface area contributed by atoms with Crippen LogP contribution in [0.4, 0.5) is 11.4 Å². The van der Waals surface area contributed by atoms with Crippen molar-refractivity contribution in [1.82, 2.24) is 4.90 Å². The number of rotatable bonds is 8. The number of carbonyl (C=O) groups excluding carboxylic acids is 4. The van der Waals surface area contributed by atoms with Crippen LogP contribution in [0.15, 0.2) is 66.7 Å². The highest BCUT2D eigenvalue weighted by molar-refractivity contribution is 6.21. The maximum absolute atomic E-state index is 12.9. The highest BCUT2D eigenvalue weighted by atomic mass is 16.5. The summed E-state index contributed by atoms with van der Waals surface area (Å²) in [6, 6.07) is 19.3. The third-order valence-corrected chi connectivity index (χ3v) is 6.46. The van der Waals surface area contributed by atoms with Crippen LogP contribution in [0.2, 0.25) is 0 Å². The highest BCUT2D eigenvalue weighted by Gasteiger charge is 2.35. The van der Waals surface area contributed by atoms with Gasteiger partial charge in [-0.3, -0.25) is 24.1 Å². The molecule has 2 aliphatic heterocycles. The molecular weight excluding hydrogens is 486 g/mol. The van der Waals surface area contributed by atoms with Gasteiger partial charge < -0.3 is 19.7 Å². The summed E-state index contributed by atoms with van der Waals surface area (Å²) in [6.45, 7) is 4.20. The number of hydrogen-bond acceptors (Lipinski definition) is 6. The molecule has 3 aromatic carbocycles. The molecule has 9 heteroatoms. The van der Waals surface area contributed by atoms with Crippen molar-refractivity contribution < 1.29 is 28.7 Å². The Bertz CT molecular complexity index is 1400. The average Bonchev–Trinajstić information content (AvgIpc) is 3.15. The smallest absolute Gasteiger partial charge is 0.267 e. The lowest BCUT2D eigenvalue weighted by Crippen LogP contribution is -2.46. The summed E-state index contributed by atoms with van der Waals surface area (Å²) in [5.41, 5.74) is 2.76. The van der Waals surface area contributed by atoms with Gasteiger partial charge in [0, 0.05) is 18.7 Å². The number of carbonyl (C=O) groups is 4. The lowest BCUT2D eigenvalue weighted by Gasteiger charge is -2.33. The third-order valence-electron chi connectivity index (χ3n) is 6.46. The van der Waals surface area contributed by atoms with Crippen molar-refractivity contribution in [2.75, 3.05) is 29.9 Å². The molecule has 4 amide bonds. The van der Waals surface area contributed by atoms with Crippen molar-refractivity contribution in [2.24, 2.45) is 0 Å². The van der Waals surface area contributed by atoms with E-state index in [1.165, 1.54) is 0 Å². The Morgan fingerprint density at radius 1 is 0.921 bits per heavy atom. The first-order valence-corrected chi connectivity index (χ1v) is 12.4.